The molecule has 1 fully saturated rings. The summed E-state index contributed by atoms with van der Waals surface area (Å²) >= 11 is 0. The van der Waals surface area contributed by atoms with Crippen molar-refractivity contribution >= 4 is 11.9 Å². The Bertz CT molecular complexity index is 528. The number of nitrogens with zero attached hydrogens (tertiary/aromatic N) is 3. The molecule has 0 saturated carbocycles. The summed E-state index contributed by atoms with van der Waals surface area (Å²) in [6.45, 7) is 7.04. The van der Waals surface area contributed by atoms with Crippen LogP contribution in [0.1, 0.15) is 33.6 Å². The van der Waals surface area contributed by atoms with Crippen molar-refractivity contribution in [3.63, 3.8) is 0 Å². The van der Waals surface area contributed by atoms with Crippen LogP contribution in [-0.2, 0) is 4.74 Å². The van der Waals surface area contributed by atoms with Crippen LogP contribution in [0.2, 0.25) is 0 Å². The number of aromatic hydroxyl groups is 1. The first-order valence-corrected chi connectivity index (χ1v) is 7.62. The van der Waals surface area contributed by atoms with E-state index in [4.69, 9.17) is 4.74 Å². The Labute approximate surface area is 131 Å². The van der Waals surface area contributed by atoms with Crippen molar-refractivity contribution in [1.82, 2.24) is 9.88 Å². The molecule has 2 rings (SSSR count). The van der Waals surface area contributed by atoms with Crippen molar-refractivity contribution in [2.75, 3.05) is 25.0 Å². The molecule has 1 aliphatic heterocycles. The van der Waals surface area contributed by atoms with Gasteiger partial charge in [0.2, 0.25) is 0 Å². The first kappa shape index (κ1) is 16.4. The third-order valence-electron chi connectivity index (χ3n) is 3.69. The number of hydrogen-bond donors (Lipinski definition) is 1. The predicted molar refractivity (Wildman–Crippen MR) is 85.1 cm³/mol. The minimum Gasteiger partial charge on any atom is -0.504 e. The monoisotopic (exact) mass is 307 g/mol. The zero-order chi connectivity index (χ0) is 16.3. The van der Waals surface area contributed by atoms with E-state index >= 15 is 0 Å². The highest BCUT2D eigenvalue weighted by Gasteiger charge is 2.30. The van der Waals surface area contributed by atoms with Gasteiger partial charge in [-0.3, -0.25) is 0 Å². The molecule has 1 aliphatic rings. The second-order valence-electron chi connectivity index (χ2n) is 6.68. The number of rotatable bonds is 2. The summed E-state index contributed by atoms with van der Waals surface area (Å²) in [5.74, 6) is 0.743. The Morgan fingerprint density at radius 1 is 1.50 bits per heavy atom. The zero-order valence-corrected chi connectivity index (χ0v) is 13.7. The fourth-order valence-corrected chi connectivity index (χ4v) is 2.58. The Balaban J connectivity index is 2.04. The largest absolute Gasteiger partial charge is 0.504 e. The van der Waals surface area contributed by atoms with E-state index < -0.39 is 5.60 Å². The number of anilines is 1. The molecule has 1 atom stereocenters. The van der Waals surface area contributed by atoms with Crippen LogP contribution in [0.5, 0.6) is 5.75 Å². The minimum atomic E-state index is -0.501. The van der Waals surface area contributed by atoms with E-state index in [0.717, 1.165) is 19.4 Å². The SMILES string of the molecule is CN(C(=O)OC(C)(C)C)[C@H]1CCCN(c2ncccc2O)C1. The maximum atomic E-state index is 12.2. The van der Waals surface area contributed by atoms with Gasteiger partial charge >= 0.3 is 6.09 Å². The van der Waals surface area contributed by atoms with Crippen LogP contribution >= 0.6 is 0 Å². The van der Waals surface area contributed by atoms with Gasteiger partial charge in [0.1, 0.15) is 5.60 Å². The highest BCUT2D eigenvalue weighted by Crippen LogP contribution is 2.27. The lowest BCUT2D eigenvalue weighted by Gasteiger charge is -2.38. The predicted octanol–water partition coefficient (Wildman–Crippen LogP) is 2.62. The lowest BCUT2D eigenvalue weighted by atomic mass is 10.0. The summed E-state index contributed by atoms with van der Waals surface area (Å²) in [7, 11) is 1.76. The summed E-state index contributed by atoms with van der Waals surface area (Å²) in [6.07, 6.45) is 3.20. The first-order chi connectivity index (χ1) is 10.3. The van der Waals surface area contributed by atoms with Crippen LogP contribution in [0.15, 0.2) is 18.3 Å². The maximum absolute atomic E-state index is 12.2. The number of likely N-dealkylation sites (N-methyl/N-ethyl adjacent to an activating group) is 1. The fourth-order valence-electron chi connectivity index (χ4n) is 2.58. The molecule has 0 radical (unpaired) electrons. The maximum Gasteiger partial charge on any atom is 0.410 e. The van der Waals surface area contributed by atoms with Crippen LogP contribution in [0.25, 0.3) is 0 Å². The Kier molecular flexibility index (Phi) is 4.78. The number of carbonyl (C=O) groups excluding carboxylic acids is 1. The van der Waals surface area contributed by atoms with Crippen LogP contribution in [-0.4, -0.2) is 52.9 Å². The van der Waals surface area contributed by atoms with Crippen LogP contribution in [0.3, 0.4) is 0 Å². The van der Waals surface area contributed by atoms with E-state index in [9.17, 15) is 9.90 Å². The highest BCUT2D eigenvalue weighted by atomic mass is 16.6. The normalized spacial score (nSPS) is 18.9. The lowest BCUT2D eigenvalue weighted by Crippen LogP contribution is -2.50. The fraction of sp³-hybridized carbons (Fsp3) is 0.625. The molecular formula is C16H25N3O3. The summed E-state index contributed by atoms with van der Waals surface area (Å²) in [5, 5.41) is 9.94. The molecule has 0 bridgehead atoms. The second-order valence-corrected chi connectivity index (χ2v) is 6.68. The van der Waals surface area contributed by atoms with Crippen LogP contribution < -0.4 is 4.90 Å². The van der Waals surface area contributed by atoms with Crippen molar-refractivity contribution in [2.45, 2.75) is 45.3 Å². The number of carbonyl (C=O) groups is 1. The van der Waals surface area contributed by atoms with Crippen LogP contribution in [0, 0.1) is 0 Å². The van der Waals surface area contributed by atoms with Gasteiger partial charge in [0.15, 0.2) is 11.6 Å². The number of pyridine rings is 1. The van der Waals surface area contributed by atoms with Gasteiger partial charge in [0.05, 0.1) is 6.04 Å². The van der Waals surface area contributed by atoms with Crippen molar-refractivity contribution in [2.24, 2.45) is 0 Å². The van der Waals surface area contributed by atoms with Gasteiger partial charge in [0.25, 0.3) is 0 Å². The van der Waals surface area contributed by atoms with Crippen molar-refractivity contribution in [3.05, 3.63) is 18.3 Å². The van der Waals surface area contributed by atoms with Gasteiger partial charge in [-0.05, 0) is 45.7 Å². The molecule has 122 valence electrons. The average molecular weight is 307 g/mol. The summed E-state index contributed by atoms with van der Waals surface area (Å²) in [4.78, 5) is 20.1. The highest BCUT2D eigenvalue weighted by molar-refractivity contribution is 5.68. The third kappa shape index (κ3) is 4.02. The molecule has 6 heteroatoms. The van der Waals surface area contributed by atoms with Gasteiger partial charge in [-0.1, -0.05) is 0 Å². The smallest absolute Gasteiger partial charge is 0.410 e. The van der Waals surface area contributed by atoms with E-state index in [-0.39, 0.29) is 17.9 Å². The molecule has 22 heavy (non-hydrogen) atoms. The van der Waals surface area contributed by atoms with Crippen LogP contribution in [0.4, 0.5) is 10.6 Å². The quantitative estimate of drug-likeness (QED) is 0.910. The van der Waals surface area contributed by atoms with E-state index in [0.29, 0.717) is 12.4 Å². The molecular weight excluding hydrogens is 282 g/mol. The molecule has 1 aromatic rings. The van der Waals surface area contributed by atoms with Crippen molar-refractivity contribution in [1.29, 1.82) is 0 Å². The summed E-state index contributed by atoms with van der Waals surface area (Å²) in [6, 6.07) is 3.38. The number of amides is 1. The Hall–Kier alpha value is -1.98. The zero-order valence-electron chi connectivity index (χ0n) is 13.7. The average Bonchev–Trinajstić information content (AvgIpc) is 2.45. The standard InChI is InChI=1S/C16H25N3O3/c1-16(2,3)22-15(21)18(4)12-7-6-10-19(11-12)14-13(20)8-5-9-17-14/h5,8-9,12,20H,6-7,10-11H2,1-4H3/t12-/m0/s1. The van der Waals surface area contributed by atoms with Crippen molar-refractivity contribution in [3.8, 4) is 5.75 Å². The molecule has 0 aliphatic carbocycles. The van der Waals surface area contributed by atoms with Gasteiger partial charge in [-0.15, -0.1) is 0 Å². The van der Waals surface area contributed by atoms with Gasteiger partial charge in [0, 0.05) is 26.3 Å². The molecule has 0 spiro atoms. The van der Waals surface area contributed by atoms with Crippen molar-refractivity contribution < 1.29 is 14.6 Å². The number of ether oxygens (including phenoxy) is 1. The second kappa shape index (κ2) is 6.42. The Morgan fingerprint density at radius 3 is 2.86 bits per heavy atom. The summed E-state index contributed by atoms with van der Waals surface area (Å²) < 4.78 is 5.42. The van der Waals surface area contributed by atoms with E-state index in [1.807, 2.05) is 25.7 Å². The van der Waals surface area contributed by atoms with Gasteiger partial charge in [-0.2, -0.15) is 0 Å². The molecule has 0 unspecified atom stereocenters. The molecule has 6 nitrogen and oxygen atoms in total. The first-order valence-electron chi connectivity index (χ1n) is 7.62. The number of aromatic nitrogens is 1. The molecule has 1 aromatic heterocycles. The molecule has 0 aromatic carbocycles. The third-order valence-corrected chi connectivity index (χ3v) is 3.69. The molecule has 1 saturated heterocycles. The topological polar surface area (TPSA) is 65.9 Å². The lowest BCUT2D eigenvalue weighted by molar-refractivity contribution is 0.0209. The van der Waals surface area contributed by atoms with E-state index in [2.05, 4.69) is 4.98 Å². The Morgan fingerprint density at radius 2 is 2.23 bits per heavy atom. The summed E-state index contributed by atoms with van der Waals surface area (Å²) in [5.41, 5.74) is -0.501. The molecule has 2 heterocycles. The van der Waals surface area contributed by atoms with Gasteiger partial charge < -0.3 is 19.6 Å². The van der Waals surface area contributed by atoms with E-state index in [1.54, 1.807) is 30.3 Å². The minimum absolute atomic E-state index is 0.0463. The number of hydrogen-bond acceptors (Lipinski definition) is 5. The van der Waals surface area contributed by atoms with Gasteiger partial charge in [-0.25, -0.2) is 9.78 Å². The molecule has 1 amide bonds. The van der Waals surface area contributed by atoms with E-state index in [1.165, 1.54) is 0 Å². The molecule has 1 N–H and O–H groups in total. The number of piperidine rings is 1.